The van der Waals surface area contributed by atoms with Gasteiger partial charge < -0.3 is 14.7 Å². The maximum absolute atomic E-state index is 12.4. The summed E-state index contributed by atoms with van der Waals surface area (Å²) >= 11 is 0. The number of benzene rings is 2. The summed E-state index contributed by atoms with van der Waals surface area (Å²) in [5.41, 5.74) is 4.96. The molecule has 0 unspecified atom stereocenters. The van der Waals surface area contributed by atoms with E-state index in [1.54, 1.807) is 6.92 Å². The summed E-state index contributed by atoms with van der Waals surface area (Å²) in [6, 6.07) is 17.9. The summed E-state index contributed by atoms with van der Waals surface area (Å²) in [4.78, 5) is 23.9. The summed E-state index contributed by atoms with van der Waals surface area (Å²) in [7, 11) is 0. The van der Waals surface area contributed by atoms with Gasteiger partial charge >= 0.3 is 5.97 Å². The number of para-hydroxylation sites is 2. The second-order valence-electron chi connectivity index (χ2n) is 6.42. The third-order valence-electron chi connectivity index (χ3n) is 4.83. The molecule has 0 atom stereocenters. The number of nitrogens with zero attached hydrogens (tertiary/aromatic N) is 1. The molecular weight excluding hydrogens is 338 g/mol. The standard InChI is InChI=1S/C22H17N3O2/c1-2-27-22(26)19-11-15-13-7-4-6-10-18(13)24-20(15)21(25-19)16-12-23-17-9-5-3-8-14(16)17/h3-12,23-24H,2H2,1H3. The fourth-order valence-corrected chi connectivity index (χ4v) is 3.62. The first-order chi connectivity index (χ1) is 13.3. The minimum atomic E-state index is -0.411. The van der Waals surface area contributed by atoms with Gasteiger partial charge in [0.1, 0.15) is 5.69 Å². The van der Waals surface area contributed by atoms with Crippen molar-refractivity contribution in [2.75, 3.05) is 6.61 Å². The SMILES string of the molecule is CCOC(=O)c1cc2c([nH]c3ccccc32)c(-c2c[nH]c3ccccc23)n1. The summed E-state index contributed by atoms with van der Waals surface area (Å²) in [6.45, 7) is 2.11. The van der Waals surface area contributed by atoms with E-state index >= 15 is 0 Å². The molecule has 0 saturated carbocycles. The molecule has 3 aromatic heterocycles. The first kappa shape index (κ1) is 15.6. The van der Waals surface area contributed by atoms with Crippen LogP contribution in [-0.2, 0) is 4.74 Å². The number of H-pyrrole nitrogens is 2. The van der Waals surface area contributed by atoms with Gasteiger partial charge in [-0.2, -0.15) is 0 Å². The summed E-state index contributed by atoms with van der Waals surface area (Å²) in [6.07, 6.45) is 1.94. The molecule has 0 fully saturated rings. The molecule has 5 rings (SSSR count). The van der Waals surface area contributed by atoms with Crippen molar-refractivity contribution in [3.05, 3.63) is 66.5 Å². The number of aromatic amines is 2. The summed E-state index contributed by atoms with van der Waals surface area (Å²) in [5.74, 6) is -0.411. The van der Waals surface area contributed by atoms with Gasteiger partial charge in [-0.05, 0) is 25.1 Å². The van der Waals surface area contributed by atoms with Crippen LogP contribution in [-0.4, -0.2) is 27.5 Å². The molecule has 0 bridgehead atoms. The number of aromatic nitrogens is 3. The zero-order chi connectivity index (χ0) is 18.4. The van der Waals surface area contributed by atoms with Gasteiger partial charge in [-0.25, -0.2) is 9.78 Å². The van der Waals surface area contributed by atoms with E-state index < -0.39 is 5.97 Å². The smallest absolute Gasteiger partial charge is 0.356 e. The van der Waals surface area contributed by atoms with Crippen LogP contribution in [0.4, 0.5) is 0 Å². The number of ether oxygens (including phenoxy) is 1. The fraction of sp³-hybridized carbons (Fsp3) is 0.0909. The number of carbonyl (C=O) groups is 1. The number of pyridine rings is 1. The highest BCUT2D eigenvalue weighted by Gasteiger charge is 2.19. The van der Waals surface area contributed by atoms with Crippen molar-refractivity contribution >= 4 is 38.7 Å². The maximum Gasteiger partial charge on any atom is 0.356 e. The quantitative estimate of drug-likeness (QED) is 0.445. The first-order valence-corrected chi connectivity index (χ1v) is 8.91. The van der Waals surface area contributed by atoms with E-state index in [0.717, 1.165) is 44.0 Å². The number of nitrogens with one attached hydrogen (secondary N) is 2. The molecule has 0 spiro atoms. The van der Waals surface area contributed by atoms with Crippen molar-refractivity contribution in [1.82, 2.24) is 15.0 Å². The van der Waals surface area contributed by atoms with E-state index in [0.29, 0.717) is 12.3 Å². The molecule has 27 heavy (non-hydrogen) atoms. The van der Waals surface area contributed by atoms with E-state index in [-0.39, 0.29) is 0 Å². The molecule has 0 aliphatic rings. The van der Waals surface area contributed by atoms with Crippen LogP contribution < -0.4 is 0 Å². The fourth-order valence-electron chi connectivity index (χ4n) is 3.62. The van der Waals surface area contributed by atoms with Crippen LogP contribution in [0.15, 0.2) is 60.8 Å². The molecular formula is C22H17N3O2. The van der Waals surface area contributed by atoms with E-state index in [9.17, 15) is 4.79 Å². The number of rotatable bonds is 3. The van der Waals surface area contributed by atoms with Crippen molar-refractivity contribution in [3.8, 4) is 11.3 Å². The molecule has 3 heterocycles. The van der Waals surface area contributed by atoms with Crippen LogP contribution in [0.3, 0.4) is 0 Å². The van der Waals surface area contributed by atoms with Gasteiger partial charge in [-0.1, -0.05) is 36.4 Å². The van der Waals surface area contributed by atoms with Gasteiger partial charge in [-0.15, -0.1) is 0 Å². The second kappa shape index (κ2) is 5.99. The third-order valence-corrected chi connectivity index (χ3v) is 4.83. The van der Waals surface area contributed by atoms with Crippen LogP contribution in [0.25, 0.3) is 44.0 Å². The predicted octanol–water partition coefficient (Wildman–Crippen LogP) is 5.04. The molecule has 5 aromatic rings. The minimum Gasteiger partial charge on any atom is -0.461 e. The highest BCUT2D eigenvalue weighted by atomic mass is 16.5. The van der Waals surface area contributed by atoms with Crippen molar-refractivity contribution in [1.29, 1.82) is 0 Å². The molecule has 5 heteroatoms. The van der Waals surface area contributed by atoms with Crippen molar-refractivity contribution in [2.45, 2.75) is 6.92 Å². The number of carbonyl (C=O) groups excluding carboxylic acids is 1. The van der Waals surface area contributed by atoms with Crippen LogP contribution >= 0.6 is 0 Å². The van der Waals surface area contributed by atoms with Crippen LogP contribution in [0, 0.1) is 0 Å². The number of fused-ring (bicyclic) bond motifs is 4. The normalized spacial score (nSPS) is 11.4. The third kappa shape index (κ3) is 2.39. The van der Waals surface area contributed by atoms with E-state index in [1.807, 2.05) is 60.8 Å². The molecule has 0 saturated heterocycles. The molecule has 0 amide bonds. The highest BCUT2D eigenvalue weighted by molar-refractivity contribution is 6.14. The Bertz CT molecular complexity index is 1310. The Morgan fingerprint density at radius 3 is 2.56 bits per heavy atom. The molecule has 5 nitrogen and oxygen atoms in total. The molecule has 2 N–H and O–H groups in total. The zero-order valence-corrected chi connectivity index (χ0v) is 14.7. The second-order valence-corrected chi connectivity index (χ2v) is 6.42. The topological polar surface area (TPSA) is 70.8 Å². The van der Waals surface area contributed by atoms with E-state index in [1.165, 1.54) is 0 Å². The largest absolute Gasteiger partial charge is 0.461 e. The van der Waals surface area contributed by atoms with Crippen molar-refractivity contribution in [3.63, 3.8) is 0 Å². The predicted molar refractivity (Wildman–Crippen MR) is 107 cm³/mol. The lowest BCUT2D eigenvalue weighted by molar-refractivity contribution is 0.0520. The van der Waals surface area contributed by atoms with E-state index in [2.05, 4.69) is 15.0 Å². The van der Waals surface area contributed by atoms with Crippen LogP contribution in [0.2, 0.25) is 0 Å². The van der Waals surface area contributed by atoms with Crippen LogP contribution in [0.5, 0.6) is 0 Å². The Morgan fingerprint density at radius 1 is 1.00 bits per heavy atom. The number of hydrogen-bond acceptors (Lipinski definition) is 3. The minimum absolute atomic E-state index is 0.314. The zero-order valence-electron chi connectivity index (χ0n) is 14.7. The maximum atomic E-state index is 12.4. The highest BCUT2D eigenvalue weighted by Crippen LogP contribution is 2.35. The lowest BCUT2D eigenvalue weighted by Gasteiger charge is -2.06. The Labute approximate surface area is 155 Å². The Balaban J connectivity index is 1.88. The van der Waals surface area contributed by atoms with Gasteiger partial charge in [-0.3, -0.25) is 0 Å². The van der Waals surface area contributed by atoms with E-state index in [4.69, 9.17) is 4.74 Å². The summed E-state index contributed by atoms with van der Waals surface area (Å²) in [5, 5.41) is 3.08. The first-order valence-electron chi connectivity index (χ1n) is 8.91. The monoisotopic (exact) mass is 355 g/mol. The lowest BCUT2D eigenvalue weighted by Crippen LogP contribution is -2.07. The van der Waals surface area contributed by atoms with Crippen LogP contribution in [0.1, 0.15) is 17.4 Å². The average molecular weight is 355 g/mol. The number of esters is 1. The van der Waals surface area contributed by atoms with Gasteiger partial charge in [0, 0.05) is 39.0 Å². The Kier molecular flexibility index (Phi) is 3.47. The lowest BCUT2D eigenvalue weighted by atomic mass is 10.1. The van der Waals surface area contributed by atoms with Gasteiger partial charge in [0.15, 0.2) is 0 Å². The molecule has 0 aliphatic heterocycles. The molecule has 0 aliphatic carbocycles. The van der Waals surface area contributed by atoms with Gasteiger partial charge in [0.25, 0.3) is 0 Å². The number of hydrogen-bond donors (Lipinski definition) is 2. The average Bonchev–Trinajstić information content (AvgIpc) is 3.29. The van der Waals surface area contributed by atoms with Crippen molar-refractivity contribution in [2.24, 2.45) is 0 Å². The molecule has 132 valence electrons. The van der Waals surface area contributed by atoms with Crippen molar-refractivity contribution < 1.29 is 9.53 Å². The summed E-state index contributed by atoms with van der Waals surface area (Å²) < 4.78 is 5.21. The Hall–Kier alpha value is -3.60. The molecule has 0 radical (unpaired) electrons. The van der Waals surface area contributed by atoms with Gasteiger partial charge in [0.05, 0.1) is 17.8 Å². The van der Waals surface area contributed by atoms with Gasteiger partial charge in [0.2, 0.25) is 0 Å². The molecule has 2 aromatic carbocycles. The Morgan fingerprint density at radius 2 is 1.74 bits per heavy atom.